The van der Waals surface area contributed by atoms with E-state index < -0.39 is 0 Å². The van der Waals surface area contributed by atoms with Crippen molar-refractivity contribution in [3.05, 3.63) is 70.8 Å². The van der Waals surface area contributed by atoms with Gasteiger partial charge in [-0.15, -0.1) is 0 Å². The fraction of sp³-hybridized carbons (Fsp3) is 0.250. The molecule has 7 nitrogen and oxygen atoms in total. The fourth-order valence-corrected chi connectivity index (χ4v) is 2.83. The second-order valence-electron chi connectivity index (χ2n) is 6.61. The third kappa shape index (κ3) is 4.68. The van der Waals surface area contributed by atoms with E-state index >= 15 is 0 Å². The summed E-state index contributed by atoms with van der Waals surface area (Å²) in [5, 5.41) is 6.31. The Hall–Kier alpha value is -2.90. The number of benzene rings is 1. The van der Waals surface area contributed by atoms with E-state index in [2.05, 4.69) is 15.6 Å². The van der Waals surface area contributed by atoms with Crippen molar-refractivity contribution in [1.82, 2.24) is 24.9 Å². The molecule has 0 saturated carbocycles. The predicted octanol–water partition coefficient (Wildman–Crippen LogP) is 2.21. The van der Waals surface area contributed by atoms with Crippen LogP contribution in [0.15, 0.2) is 48.7 Å². The van der Waals surface area contributed by atoms with Crippen LogP contribution in [-0.2, 0) is 6.54 Å². The summed E-state index contributed by atoms with van der Waals surface area (Å²) in [6.07, 6.45) is 1.72. The maximum atomic E-state index is 12.7. The van der Waals surface area contributed by atoms with Gasteiger partial charge in [0.1, 0.15) is 0 Å². The van der Waals surface area contributed by atoms with Crippen molar-refractivity contribution in [1.29, 1.82) is 0 Å². The summed E-state index contributed by atoms with van der Waals surface area (Å²) in [5.41, 5.74) is 1.71. The molecule has 2 heterocycles. The van der Waals surface area contributed by atoms with Gasteiger partial charge in [-0.1, -0.05) is 29.8 Å². The zero-order valence-corrected chi connectivity index (χ0v) is 16.5. The normalized spacial score (nSPS) is 11.0. The van der Waals surface area contributed by atoms with E-state index in [1.165, 1.54) is 0 Å². The van der Waals surface area contributed by atoms with Gasteiger partial charge in [-0.25, -0.2) is 4.98 Å². The Kier molecular flexibility index (Phi) is 6.28. The second kappa shape index (κ2) is 8.86. The molecule has 146 valence electrons. The molecule has 0 saturated heterocycles. The first kappa shape index (κ1) is 19.9. The monoisotopic (exact) mass is 399 g/mol. The van der Waals surface area contributed by atoms with Crippen LogP contribution in [0.4, 0.5) is 0 Å². The number of nitrogens with zero attached hydrogens (tertiary/aromatic N) is 3. The van der Waals surface area contributed by atoms with Crippen molar-refractivity contribution in [2.75, 3.05) is 27.2 Å². The fourth-order valence-electron chi connectivity index (χ4n) is 2.71. The van der Waals surface area contributed by atoms with E-state index in [-0.39, 0.29) is 23.3 Å². The number of rotatable bonds is 7. The van der Waals surface area contributed by atoms with Gasteiger partial charge in [-0.2, -0.15) is 0 Å². The molecule has 0 aliphatic heterocycles. The van der Waals surface area contributed by atoms with Gasteiger partial charge in [-0.05, 0) is 43.9 Å². The first-order valence-electron chi connectivity index (χ1n) is 8.88. The van der Waals surface area contributed by atoms with Crippen LogP contribution in [0, 0.1) is 0 Å². The van der Waals surface area contributed by atoms with Gasteiger partial charge in [-0.3, -0.25) is 14.0 Å². The Bertz CT molecular complexity index is 982. The lowest BCUT2D eigenvalue weighted by Gasteiger charge is -2.09. The van der Waals surface area contributed by atoms with Gasteiger partial charge in [0, 0.05) is 30.9 Å². The number of hydrogen-bond acceptors (Lipinski definition) is 4. The van der Waals surface area contributed by atoms with Crippen LogP contribution in [0.25, 0.3) is 5.52 Å². The Morgan fingerprint density at radius 1 is 1.07 bits per heavy atom. The number of fused-ring (bicyclic) bond motifs is 1. The van der Waals surface area contributed by atoms with E-state index in [9.17, 15) is 9.59 Å². The van der Waals surface area contributed by atoms with Crippen LogP contribution in [0.2, 0.25) is 5.02 Å². The number of likely N-dealkylation sites (N-methyl/N-ethyl adjacent to an activating group) is 1. The molecule has 3 aromatic rings. The zero-order chi connectivity index (χ0) is 20.1. The van der Waals surface area contributed by atoms with Gasteiger partial charge in [0.25, 0.3) is 11.8 Å². The lowest BCUT2D eigenvalue weighted by Crippen LogP contribution is -2.32. The number of aromatic nitrogens is 2. The summed E-state index contributed by atoms with van der Waals surface area (Å²) in [6.45, 7) is 1.54. The molecule has 28 heavy (non-hydrogen) atoms. The van der Waals surface area contributed by atoms with Gasteiger partial charge >= 0.3 is 0 Å². The highest BCUT2D eigenvalue weighted by atomic mass is 35.5. The van der Waals surface area contributed by atoms with Gasteiger partial charge in [0.05, 0.1) is 5.52 Å². The van der Waals surface area contributed by atoms with E-state index in [1.807, 2.05) is 31.1 Å². The van der Waals surface area contributed by atoms with Crippen molar-refractivity contribution in [2.24, 2.45) is 0 Å². The molecule has 0 aliphatic rings. The van der Waals surface area contributed by atoms with Crippen LogP contribution >= 0.6 is 11.6 Å². The average Bonchev–Trinajstić information content (AvgIpc) is 3.07. The first-order valence-corrected chi connectivity index (χ1v) is 9.26. The van der Waals surface area contributed by atoms with Crippen molar-refractivity contribution < 1.29 is 9.59 Å². The minimum Gasteiger partial charge on any atom is -0.348 e. The number of nitrogens with one attached hydrogen (secondary N) is 2. The number of pyridine rings is 1. The molecule has 8 heteroatoms. The lowest BCUT2D eigenvalue weighted by atomic mass is 10.2. The van der Waals surface area contributed by atoms with Gasteiger partial charge in [0.15, 0.2) is 5.69 Å². The van der Waals surface area contributed by atoms with Crippen LogP contribution in [0.3, 0.4) is 0 Å². The Labute approximate surface area is 168 Å². The van der Waals surface area contributed by atoms with Crippen LogP contribution < -0.4 is 10.6 Å². The Morgan fingerprint density at radius 3 is 2.54 bits per heavy atom. The Balaban J connectivity index is 1.78. The largest absolute Gasteiger partial charge is 0.348 e. The smallest absolute Gasteiger partial charge is 0.287 e. The van der Waals surface area contributed by atoms with Crippen molar-refractivity contribution in [2.45, 2.75) is 6.54 Å². The molecule has 2 amide bonds. The maximum absolute atomic E-state index is 12.7. The molecule has 0 fully saturated rings. The number of carbonyl (C=O) groups excluding carboxylic acids is 2. The quantitative estimate of drug-likeness (QED) is 0.638. The van der Waals surface area contributed by atoms with E-state index in [1.54, 1.807) is 40.9 Å². The molecule has 0 radical (unpaired) electrons. The molecule has 3 rings (SSSR count). The van der Waals surface area contributed by atoms with Gasteiger partial charge < -0.3 is 15.5 Å². The van der Waals surface area contributed by atoms with E-state index in [4.69, 9.17) is 11.6 Å². The number of carbonyl (C=O) groups is 2. The molecule has 0 bridgehead atoms. The highest BCUT2D eigenvalue weighted by molar-refractivity contribution is 6.30. The van der Waals surface area contributed by atoms with Crippen molar-refractivity contribution >= 4 is 28.9 Å². The van der Waals surface area contributed by atoms with Crippen LogP contribution in [-0.4, -0.2) is 53.3 Å². The van der Waals surface area contributed by atoms with Crippen molar-refractivity contribution in [3.8, 4) is 0 Å². The second-order valence-corrected chi connectivity index (χ2v) is 7.04. The molecule has 0 atom stereocenters. The van der Waals surface area contributed by atoms with Crippen molar-refractivity contribution in [3.63, 3.8) is 0 Å². The number of amides is 2. The third-order valence-electron chi connectivity index (χ3n) is 4.18. The summed E-state index contributed by atoms with van der Waals surface area (Å²) in [5.74, 6) is -0.475. The summed E-state index contributed by atoms with van der Waals surface area (Å²) >= 11 is 5.88. The van der Waals surface area contributed by atoms with Crippen LogP contribution in [0.5, 0.6) is 0 Å². The topological polar surface area (TPSA) is 78.7 Å². The summed E-state index contributed by atoms with van der Waals surface area (Å²) in [6, 6.07) is 12.6. The third-order valence-corrected chi connectivity index (χ3v) is 4.43. The molecular weight excluding hydrogens is 378 g/mol. The highest BCUT2D eigenvalue weighted by Gasteiger charge is 2.21. The minimum atomic E-state index is -0.342. The van der Waals surface area contributed by atoms with E-state index in [0.717, 1.165) is 5.56 Å². The summed E-state index contributed by atoms with van der Waals surface area (Å²) in [7, 11) is 3.86. The highest BCUT2D eigenvalue weighted by Crippen LogP contribution is 2.14. The first-order chi connectivity index (χ1) is 13.5. The zero-order valence-electron chi connectivity index (χ0n) is 15.8. The number of halogens is 1. The Morgan fingerprint density at radius 2 is 1.82 bits per heavy atom. The summed E-state index contributed by atoms with van der Waals surface area (Å²) < 4.78 is 1.63. The number of imidazole rings is 1. The standard InChI is InChI=1S/C20H22ClN5O2/c1-25(2)12-10-22-20(28)18-24-17(16-5-3-4-11-26(16)18)19(27)23-13-14-6-8-15(21)9-7-14/h3-9,11H,10,12-13H2,1-2H3,(H,22,28)(H,23,27). The van der Waals surface area contributed by atoms with Gasteiger partial charge in [0.2, 0.25) is 5.82 Å². The maximum Gasteiger partial charge on any atom is 0.287 e. The van der Waals surface area contributed by atoms with Crippen LogP contribution in [0.1, 0.15) is 26.7 Å². The molecule has 0 spiro atoms. The van der Waals surface area contributed by atoms with E-state index in [0.29, 0.717) is 30.2 Å². The summed E-state index contributed by atoms with van der Waals surface area (Å²) in [4.78, 5) is 31.5. The lowest BCUT2D eigenvalue weighted by molar-refractivity contribution is 0.0940. The molecule has 0 aliphatic carbocycles. The molecular formula is C20H22ClN5O2. The SMILES string of the molecule is CN(C)CCNC(=O)c1nc(C(=O)NCc2ccc(Cl)cc2)c2ccccn12. The average molecular weight is 400 g/mol. The molecule has 2 N–H and O–H groups in total. The predicted molar refractivity (Wildman–Crippen MR) is 109 cm³/mol. The number of hydrogen-bond donors (Lipinski definition) is 2. The molecule has 2 aromatic heterocycles. The molecule has 0 unspecified atom stereocenters. The minimum absolute atomic E-state index is 0.186. The molecule has 1 aromatic carbocycles.